The molecule has 4 rings (SSSR count). The van der Waals surface area contributed by atoms with E-state index in [9.17, 15) is 19.8 Å². The fourth-order valence-corrected chi connectivity index (χ4v) is 5.11. The molecule has 1 aromatic carbocycles. The molecule has 4 N–H and O–H groups in total. The zero-order valence-electron chi connectivity index (χ0n) is 20.0. The van der Waals surface area contributed by atoms with Gasteiger partial charge in [-0.25, -0.2) is 5.01 Å². The lowest BCUT2D eigenvalue weighted by molar-refractivity contribution is -0.143. The molecule has 0 spiro atoms. The molecule has 1 fully saturated rings. The first-order chi connectivity index (χ1) is 17.7. The average molecular weight is 605 g/mol. The average Bonchev–Trinajstić information content (AvgIpc) is 3.29. The zero-order chi connectivity index (χ0) is 26.9. The molecule has 1 aliphatic rings. The number of carboxylic acids is 1. The Morgan fingerprint density at radius 1 is 1.27 bits per heavy atom. The van der Waals surface area contributed by atoms with Gasteiger partial charge in [-0.15, -0.1) is 11.3 Å². The molecule has 1 aliphatic heterocycles. The number of nitrogens with zero attached hydrogens (tertiary/aromatic N) is 4. The molecule has 9 nitrogen and oxygen atoms in total. The van der Waals surface area contributed by atoms with Crippen LogP contribution in [0.25, 0.3) is 10.4 Å². The highest BCUT2D eigenvalue weighted by molar-refractivity contribution is 9.10. The van der Waals surface area contributed by atoms with E-state index in [0.29, 0.717) is 42.3 Å². The molecule has 37 heavy (non-hydrogen) atoms. The van der Waals surface area contributed by atoms with Crippen LogP contribution in [0.4, 0.5) is 5.69 Å². The summed E-state index contributed by atoms with van der Waals surface area (Å²) in [5.74, 6) is -1.41. The van der Waals surface area contributed by atoms with Crippen LogP contribution >= 0.6 is 39.5 Å². The molecule has 3 aromatic rings. The Kier molecular flexibility index (Phi) is 10.1. The van der Waals surface area contributed by atoms with E-state index in [1.165, 1.54) is 17.5 Å². The Morgan fingerprint density at radius 3 is 2.46 bits per heavy atom. The van der Waals surface area contributed by atoms with Crippen LogP contribution in [0.3, 0.4) is 0 Å². The Balaban J connectivity index is 0.000000356. The van der Waals surface area contributed by atoms with Gasteiger partial charge in [0.1, 0.15) is 5.69 Å². The van der Waals surface area contributed by atoms with Crippen molar-refractivity contribution in [3.63, 3.8) is 0 Å². The highest BCUT2D eigenvalue weighted by Gasteiger charge is 2.29. The second kappa shape index (κ2) is 13.3. The third-order valence-corrected chi connectivity index (χ3v) is 7.52. The number of hydrogen-bond acceptors (Lipinski definition) is 7. The summed E-state index contributed by atoms with van der Waals surface area (Å²) < 4.78 is 0.968. The number of hydrazone groups is 1. The lowest BCUT2D eigenvalue weighted by Crippen LogP contribution is -2.45. The molecular weight excluding hydrogens is 578 g/mol. The molecule has 12 heteroatoms. The van der Waals surface area contributed by atoms with Crippen LogP contribution in [0.5, 0.6) is 5.75 Å². The SMILES string of the molecule is CC=NN(C(=S)N1CCC(C(=O)O)CC1)c1csc(-c2ccc(Br)cc2)c1O.NC(=O)c1cccnc1. The number of thiocarbonyl (C=S) groups is 1. The van der Waals surface area contributed by atoms with Gasteiger partial charge in [0.15, 0.2) is 10.9 Å². The number of thiophene rings is 1. The maximum Gasteiger partial charge on any atom is 0.306 e. The number of aromatic hydroxyl groups is 1. The number of aliphatic carboxylic acids is 1. The van der Waals surface area contributed by atoms with Crippen molar-refractivity contribution < 1.29 is 19.8 Å². The number of pyridine rings is 1. The van der Waals surface area contributed by atoms with Crippen molar-refractivity contribution in [2.45, 2.75) is 19.8 Å². The monoisotopic (exact) mass is 603 g/mol. The van der Waals surface area contributed by atoms with Crippen LogP contribution in [-0.4, -0.2) is 56.4 Å². The summed E-state index contributed by atoms with van der Waals surface area (Å²) in [6.45, 7) is 2.89. The third-order valence-electron chi connectivity index (χ3n) is 5.55. The van der Waals surface area contributed by atoms with Crippen LogP contribution < -0.4 is 10.7 Å². The highest BCUT2D eigenvalue weighted by Crippen LogP contribution is 2.44. The number of likely N-dealkylation sites (tertiary alicyclic amines) is 1. The third kappa shape index (κ3) is 7.34. The fourth-order valence-electron chi connectivity index (χ4n) is 3.59. The number of benzene rings is 1. The van der Waals surface area contributed by atoms with E-state index in [2.05, 4.69) is 26.0 Å². The lowest BCUT2D eigenvalue weighted by Gasteiger charge is -2.35. The van der Waals surface area contributed by atoms with Crippen molar-refractivity contribution in [3.8, 4) is 16.2 Å². The van der Waals surface area contributed by atoms with E-state index in [0.717, 1.165) is 14.9 Å². The van der Waals surface area contributed by atoms with Crippen molar-refractivity contribution >= 4 is 68.4 Å². The largest absolute Gasteiger partial charge is 0.504 e. The first-order valence-corrected chi connectivity index (χ1v) is 13.4. The number of nitrogens with two attached hydrogens (primary N) is 1. The summed E-state index contributed by atoms with van der Waals surface area (Å²) in [6, 6.07) is 11.0. The predicted molar refractivity (Wildman–Crippen MR) is 153 cm³/mol. The van der Waals surface area contributed by atoms with Crippen LogP contribution in [-0.2, 0) is 4.79 Å². The van der Waals surface area contributed by atoms with Crippen molar-refractivity contribution in [3.05, 3.63) is 64.2 Å². The summed E-state index contributed by atoms with van der Waals surface area (Å²) in [6.07, 6.45) is 5.72. The number of piperidine rings is 1. The Hall–Kier alpha value is -3.35. The summed E-state index contributed by atoms with van der Waals surface area (Å²) in [7, 11) is 0. The van der Waals surface area contributed by atoms with Gasteiger partial charge in [-0.1, -0.05) is 28.1 Å². The minimum atomic E-state index is -0.761. The quantitative estimate of drug-likeness (QED) is 0.212. The fraction of sp³-hybridized carbons (Fsp3) is 0.240. The first kappa shape index (κ1) is 28.2. The predicted octanol–water partition coefficient (Wildman–Crippen LogP) is 4.96. The Labute approximate surface area is 232 Å². The van der Waals surface area contributed by atoms with Crippen LogP contribution in [0.2, 0.25) is 0 Å². The number of carbonyl (C=O) groups is 2. The Bertz CT molecular complexity index is 1260. The number of carbonyl (C=O) groups excluding carboxylic acids is 1. The topological polar surface area (TPSA) is 132 Å². The minimum absolute atomic E-state index is 0.126. The van der Waals surface area contributed by atoms with E-state index >= 15 is 0 Å². The van der Waals surface area contributed by atoms with E-state index in [4.69, 9.17) is 18.0 Å². The molecule has 194 valence electrons. The summed E-state index contributed by atoms with van der Waals surface area (Å²) in [4.78, 5) is 27.9. The van der Waals surface area contributed by atoms with E-state index in [1.54, 1.807) is 36.5 Å². The van der Waals surface area contributed by atoms with Gasteiger partial charge >= 0.3 is 5.97 Å². The van der Waals surface area contributed by atoms with Gasteiger partial charge in [-0.05, 0) is 61.8 Å². The number of aromatic nitrogens is 1. The van der Waals surface area contributed by atoms with Crippen molar-refractivity contribution in [1.82, 2.24) is 9.88 Å². The van der Waals surface area contributed by atoms with Gasteiger partial charge < -0.3 is 20.8 Å². The molecule has 2 aromatic heterocycles. The first-order valence-electron chi connectivity index (χ1n) is 11.3. The maximum atomic E-state index is 11.2. The molecule has 3 heterocycles. The molecule has 0 saturated carbocycles. The number of rotatable bonds is 5. The normalized spacial score (nSPS) is 13.6. The molecule has 1 amide bonds. The van der Waals surface area contributed by atoms with Gasteiger partial charge in [0.2, 0.25) is 5.91 Å². The van der Waals surface area contributed by atoms with E-state index in [1.807, 2.05) is 34.5 Å². The van der Waals surface area contributed by atoms with Gasteiger partial charge in [-0.3, -0.25) is 14.6 Å². The molecule has 0 unspecified atom stereocenters. The number of carboxylic acid groups (broad SMARTS) is 1. The molecule has 0 bridgehead atoms. The minimum Gasteiger partial charge on any atom is -0.504 e. The molecule has 0 radical (unpaired) electrons. The highest BCUT2D eigenvalue weighted by atomic mass is 79.9. The smallest absolute Gasteiger partial charge is 0.306 e. The molecule has 0 aliphatic carbocycles. The van der Waals surface area contributed by atoms with Crippen LogP contribution in [0, 0.1) is 5.92 Å². The lowest BCUT2D eigenvalue weighted by atomic mass is 9.97. The second-order valence-corrected chi connectivity index (χ2v) is 10.1. The van der Waals surface area contributed by atoms with Gasteiger partial charge in [0, 0.05) is 41.6 Å². The van der Waals surface area contributed by atoms with Gasteiger partial charge in [0.25, 0.3) is 0 Å². The van der Waals surface area contributed by atoms with E-state index in [-0.39, 0.29) is 11.7 Å². The standard InChI is InChI=1S/C19H20BrN3O3S2.C6H6N2O/c1-2-21-23(19(27)22-9-7-13(8-10-22)18(25)26)15-11-28-17(16(15)24)12-3-5-14(20)6-4-12;7-6(9)5-2-1-3-8-4-5/h2-6,11,13,24H,7-10H2,1H3,(H,25,26);1-4H,(H2,7,9). The number of primary amides is 1. The van der Waals surface area contributed by atoms with Crippen LogP contribution in [0.1, 0.15) is 30.1 Å². The van der Waals surface area contributed by atoms with Gasteiger partial charge in [-0.2, -0.15) is 5.10 Å². The van der Waals surface area contributed by atoms with Crippen molar-refractivity contribution in [1.29, 1.82) is 0 Å². The van der Waals surface area contributed by atoms with Crippen molar-refractivity contribution in [2.75, 3.05) is 18.1 Å². The molecule has 1 saturated heterocycles. The second-order valence-electron chi connectivity index (χ2n) is 7.98. The number of anilines is 1. The Morgan fingerprint density at radius 2 is 1.95 bits per heavy atom. The molecule has 0 atom stereocenters. The molecular formula is C25H26BrN5O4S2. The summed E-state index contributed by atoms with van der Waals surface area (Å²) >= 11 is 10.5. The van der Waals surface area contributed by atoms with E-state index < -0.39 is 11.9 Å². The number of amides is 1. The van der Waals surface area contributed by atoms with Crippen molar-refractivity contribution in [2.24, 2.45) is 16.8 Å². The number of hydrogen-bond donors (Lipinski definition) is 3. The summed E-state index contributed by atoms with van der Waals surface area (Å²) in [5.41, 5.74) is 6.80. The summed E-state index contributed by atoms with van der Waals surface area (Å²) in [5, 5.41) is 28.2. The van der Waals surface area contributed by atoms with Gasteiger partial charge in [0.05, 0.1) is 16.4 Å². The number of halogens is 1. The maximum absolute atomic E-state index is 11.2. The zero-order valence-corrected chi connectivity index (χ0v) is 23.2. The van der Waals surface area contributed by atoms with Crippen LogP contribution in [0.15, 0.2) is 63.7 Å².